The summed E-state index contributed by atoms with van der Waals surface area (Å²) in [5.41, 5.74) is 5.94. The summed E-state index contributed by atoms with van der Waals surface area (Å²) < 4.78 is 6.24. The zero-order valence-electron chi connectivity index (χ0n) is 7.63. The van der Waals surface area contributed by atoms with E-state index in [9.17, 15) is 0 Å². The first-order valence-corrected chi connectivity index (χ1v) is 6.26. The molecule has 13 heavy (non-hydrogen) atoms. The summed E-state index contributed by atoms with van der Waals surface area (Å²) in [5.74, 6) is 2.93. The summed E-state index contributed by atoms with van der Waals surface area (Å²) in [6, 6.07) is 1.88. The molecule has 0 aliphatic carbocycles. The molecule has 1 atom stereocenters. The molecular weight excluding hydrogens is 250 g/mol. The van der Waals surface area contributed by atoms with Crippen molar-refractivity contribution in [1.82, 2.24) is 0 Å². The van der Waals surface area contributed by atoms with Gasteiger partial charge in [0.2, 0.25) is 0 Å². The fourth-order valence-corrected chi connectivity index (χ4v) is 2.36. The van der Waals surface area contributed by atoms with Crippen LogP contribution in [0.25, 0.3) is 0 Å². The number of hydrogen-bond acceptors (Lipinski definition) is 3. The van der Waals surface area contributed by atoms with Gasteiger partial charge in [0, 0.05) is 5.75 Å². The SMILES string of the molecule is CCCSCC(N)c1occc1Br. The van der Waals surface area contributed by atoms with Crippen LogP contribution in [-0.2, 0) is 0 Å². The van der Waals surface area contributed by atoms with E-state index >= 15 is 0 Å². The van der Waals surface area contributed by atoms with Crippen LogP contribution in [0.5, 0.6) is 0 Å². The molecule has 0 saturated carbocycles. The van der Waals surface area contributed by atoms with Crippen LogP contribution >= 0.6 is 27.7 Å². The fourth-order valence-electron chi connectivity index (χ4n) is 1.00. The Balaban J connectivity index is 2.39. The van der Waals surface area contributed by atoms with Crippen LogP contribution in [-0.4, -0.2) is 11.5 Å². The molecule has 4 heteroatoms. The van der Waals surface area contributed by atoms with Gasteiger partial charge in [-0.15, -0.1) is 0 Å². The molecule has 1 unspecified atom stereocenters. The van der Waals surface area contributed by atoms with Crippen molar-refractivity contribution in [2.75, 3.05) is 11.5 Å². The number of hydrogen-bond donors (Lipinski definition) is 1. The topological polar surface area (TPSA) is 39.2 Å². The molecule has 0 aromatic carbocycles. The molecule has 1 rings (SSSR count). The highest BCUT2D eigenvalue weighted by Gasteiger charge is 2.12. The molecule has 0 bridgehead atoms. The van der Waals surface area contributed by atoms with E-state index in [1.165, 1.54) is 6.42 Å². The number of halogens is 1. The third-order valence-corrected chi connectivity index (χ3v) is 3.57. The van der Waals surface area contributed by atoms with Crippen molar-refractivity contribution in [1.29, 1.82) is 0 Å². The first-order chi connectivity index (χ1) is 6.25. The molecule has 0 aliphatic rings. The van der Waals surface area contributed by atoms with E-state index in [0.29, 0.717) is 0 Å². The van der Waals surface area contributed by atoms with E-state index in [4.69, 9.17) is 10.2 Å². The Bertz CT molecular complexity index is 252. The van der Waals surface area contributed by atoms with Gasteiger partial charge in [-0.1, -0.05) is 6.92 Å². The summed E-state index contributed by atoms with van der Waals surface area (Å²) in [6.07, 6.45) is 2.85. The van der Waals surface area contributed by atoms with Crippen LogP contribution in [0.1, 0.15) is 25.1 Å². The van der Waals surface area contributed by atoms with E-state index in [-0.39, 0.29) is 6.04 Å². The zero-order valence-corrected chi connectivity index (χ0v) is 10.0. The summed E-state index contributed by atoms with van der Waals surface area (Å²) in [4.78, 5) is 0. The highest BCUT2D eigenvalue weighted by molar-refractivity contribution is 9.10. The van der Waals surface area contributed by atoms with Crippen molar-refractivity contribution in [3.63, 3.8) is 0 Å². The smallest absolute Gasteiger partial charge is 0.135 e. The van der Waals surface area contributed by atoms with Crippen LogP contribution in [0.4, 0.5) is 0 Å². The minimum Gasteiger partial charge on any atom is -0.466 e. The molecule has 0 spiro atoms. The zero-order chi connectivity index (χ0) is 9.68. The molecule has 1 heterocycles. The maximum absolute atomic E-state index is 5.94. The van der Waals surface area contributed by atoms with Crippen LogP contribution in [0.2, 0.25) is 0 Å². The third-order valence-electron chi connectivity index (χ3n) is 1.63. The van der Waals surface area contributed by atoms with Crippen LogP contribution in [0.15, 0.2) is 21.2 Å². The molecule has 74 valence electrons. The van der Waals surface area contributed by atoms with Gasteiger partial charge in [-0.25, -0.2) is 0 Å². The highest BCUT2D eigenvalue weighted by atomic mass is 79.9. The second-order valence-electron chi connectivity index (χ2n) is 2.81. The second-order valence-corrected chi connectivity index (χ2v) is 4.82. The Morgan fingerprint density at radius 1 is 1.69 bits per heavy atom. The number of rotatable bonds is 5. The quantitative estimate of drug-likeness (QED) is 0.830. The van der Waals surface area contributed by atoms with Crippen molar-refractivity contribution < 1.29 is 4.42 Å². The third kappa shape index (κ3) is 3.37. The Morgan fingerprint density at radius 2 is 2.46 bits per heavy atom. The van der Waals surface area contributed by atoms with E-state index in [2.05, 4.69) is 22.9 Å². The molecule has 2 N–H and O–H groups in total. The molecule has 0 aliphatic heterocycles. The first kappa shape index (κ1) is 11.1. The molecule has 0 amide bonds. The molecule has 1 aromatic heterocycles. The van der Waals surface area contributed by atoms with E-state index in [0.717, 1.165) is 21.7 Å². The van der Waals surface area contributed by atoms with Gasteiger partial charge in [0.15, 0.2) is 0 Å². The molecule has 0 fully saturated rings. The van der Waals surface area contributed by atoms with Crippen LogP contribution in [0.3, 0.4) is 0 Å². The number of furan rings is 1. The first-order valence-electron chi connectivity index (χ1n) is 4.32. The predicted octanol–water partition coefficient (Wildman–Crippen LogP) is 3.19. The summed E-state index contributed by atoms with van der Waals surface area (Å²) in [6.45, 7) is 2.17. The van der Waals surface area contributed by atoms with Crippen molar-refractivity contribution in [2.45, 2.75) is 19.4 Å². The Kier molecular flexibility index (Phi) is 4.91. The van der Waals surface area contributed by atoms with E-state index in [1.807, 2.05) is 17.8 Å². The molecule has 0 radical (unpaired) electrons. The maximum Gasteiger partial charge on any atom is 0.135 e. The van der Waals surface area contributed by atoms with Crippen LogP contribution in [0, 0.1) is 0 Å². The lowest BCUT2D eigenvalue weighted by Crippen LogP contribution is -2.12. The van der Waals surface area contributed by atoms with Crippen LogP contribution < -0.4 is 5.73 Å². The van der Waals surface area contributed by atoms with Crippen molar-refractivity contribution in [2.24, 2.45) is 5.73 Å². The van der Waals surface area contributed by atoms with E-state index < -0.39 is 0 Å². The molecular formula is C9H14BrNOS. The molecule has 2 nitrogen and oxygen atoms in total. The monoisotopic (exact) mass is 263 g/mol. The van der Waals surface area contributed by atoms with Crippen molar-refractivity contribution in [3.05, 3.63) is 22.6 Å². The lowest BCUT2D eigenvalue weighted by Gasteiger charge is -2.08. The minimum absolute atomic E-state index is 0.000856. The highest BCUT2D eigenvalue weighted by Crippen LogP contribution is 2.25. The van der Waals surface area contributed by atoms with Gasteiger partial charge in [-0.05, 0) is 34.2 Å². The van der Waals surface area contributed by atoms with Gasteiger partial charge in [0.1, 0.15) is 5.76 Å². The van der Waals surface area contributed by atoms with E-state index in [1.54, 1.807) is 6.26 Å². The van der Waals surface area contributed by atoms with Gasteiger partial charge in [0.05, 0.1) is 16.8 Å². The lowest BCUT2D eigenvalue weighted by atomic mass is 10.3. The van der Waals surface area contributed by atoms with Gasteiger partial charge < -0.3 is 10.2 Å². The maximum atomic E-state index is 5.94. The Labute approximate surface area is 91.4 Å². The van der Waals surface area contributed by atoms with Crippen molar-refractivity contribution >= 4 is 27.7 Å². The number of nitrogens with two attached hydrogens (primary N) is 1. The fraction of sp³-hybridized carbons (Fsp3) is 0.556. The predicted molar refractivity (Wildman–Crippen MR) is 61.0 cm³/mol. The Morgan fingerprint density at radius 3 is 3.00 bits per heavy atom. The summed E-state index contributed by atoms with van der Waals surface area (Å²) in [5, 5.41) is 0. The standard InChI is InChI=1S/C9H14BrNOS/c1-2-5-13-6-8(11)9-7(10)3-4-12-9/h3-4,8H,2,5-6,11H2,1H3. The Hall–Kier alpha value is 0.0700. The summed E-state index contributed by atoms with van der Waals surface area (Å²) >= 11 is 5.26. The van der Waals surface area contributed by atoms with Crippen molar-refractivity contribution in [3.8, 4) is 0 Å². The number of thioether (sulfide) groups is 1. The largest absolute Gasteiger partial charge is 0.466 e. The normalized spacial score (nSPS) is 13.2. The van der Waals surface area contributed by atoms with Gasteiger partial charge in [-0.2, -0.15) is 11.8 Å². The minimum atomic E-state index is 0.000856. The summed E-state index contributed by atoms with van der Waals surface area (Å²) in [7, 11) is 0. The van der Waals surface area contributed by atoms with Gasteiger partial charge in [-0.3, -0.25) is 0 Å². The molecule has 0 saturated heterocycles. The lowest BCUT2D eigenvalue weighted by molar-refractivity contribution is 0.480. The average molecular weight is 264 g/mol. The molecule has 1 aromatic rings. The second kappa shape index (κ2) is 5.73. The van der Waals surface area contributed by atoms with Gasteiger partial charge >= 0.3 is 0 Å². The average Bonchev–Trinajstić information content (AvgIpc) is 2.52. The van der Waals surface area contributed by atoms with Gasteiger partial charge in [0.25, 0.3) is 0 Å².